The van der Waals surface area contributed by atoms with Gasteiger partial charge < -0.3 is 5.32 Å². The minimum Gasteiger partial charge on any atom is -0.308 e. The average Bonchev–Trinajstić information content (AvgIpc) is 2.42. The van der Waals surface area contributed by atoms with Gasteiger partial charge in [-0.3, -0.25) is 4.90 Å². The predicted octanol–water partition coefficient (Wildman–Crippen LogP) is 3.96. The third-order valence-corrected chi connectivity index (χ3v) is 5.12. The number of piperidine rings is 1. The van der Waals surface area contributed by atoms with Gasteiger partial charge in [-0.1, -0.05) is 6.92 Å². The molecule has 2 nitrogen and oxygen atoms in total. The molecule has 2 fully saturated rings. The van der Waals surface area contributed by atoms with E-state index in [1.54, 1.807) is 0 Å². The summed E-state index contributed by atoms with van der Waals surface area (Å²) >= 11 is 0. The van der Waals surface area contributed by atoms with Crippen molar-refractivity contribution in [3.05, 3.63) is 0 Å². The first kappa shape index (κ1) is 17.9. The molecule has 0 aromatic carbocycles. The number of rotatable bonds is 4. The van der Waals surface area contributed by atoms with E-state index in [1.807, 2.05) is 6.92 Å². The van der Waals surface area contributed by atoms with E-state index in [4.69, 9.17) is 0 Å². The lowest BCUT2D eigenvalue weighted by Crippen LogP contribution is -2.57. The molecule has 0 bridgehead atoms. The summed E-state index contributed by atoms with van der Waals surface area (Å²) in [5, 5.41) is 3.50. The molecule has 7 heteroatoms. The smallest absolute Gasteiger partial charge is 0.308 e. The second-order valence-electron chi connectivity index (χ2n) is 6.80. The molecule has 2 rings (SSSR count). The Labute approximate surface area is 128 Å². The molecule has 0 unspecified atom stereocenters. The van der Waals surface area contributed by atoms with E-state index in [-0.39, 0.29) is 24.4 Å². The second kappa shape index (κ2) is 6.59. The molecule has 0 aromatic rings. The van der Waals surface area contributed by atoms with Crippen molar-refractivity contribution < 1.29 is 22.0 Å². The Hall–Kier alpha value is -0.430. The molecule has 0 atom stereocenters. The van der Waals surface area contributed by atoms with Gasteiger partial charge in [-0.15, -0.1) is 0 Å². The van der Waals surface area contributed by atoms with Crippen molar-refractivity contribution in [2.24, 2.45) is 0 Å². The summed E-state index contributed by atoms with van der Waals surface area (Å²) < 4.78 is 63.7. The monoisotopic (exact) mass is 328 g/mol. The van der Waals surface area contributed by atoms with Crippen LogP contribution in [0.3, 0.4) is 0 Å². The van der Waals surface area contributed by atoms with Crippen molar-refractivity contribution in [1.82, 2.24) is 10.2 Å². The summed E-state index contributed by atoms with van der Waals surface area (Å²) in [5.74, 6) is -2.55. The summed E-state index contributed by atoms with van der Waals surface area (Å²) in [6.07, 6.45) is -1.34. The van der Waals surface area contributed by atoms with Crippen LogP contribution in [-0.4, -0.2) is 48.2 Å². The summed E-state index contributed by atoms with van der Waals surface area (Å²) in [4.78, 5) is 1.44. The molecule has 1 N–H and O–H groups in total. The van der Waals surface area contributed by atoms with Crippen molar-refractivity contribution >= 4 is 0 Å². The molecule has 0 radical (unpaired) electrons. The maximum atomic E-state index is 13.2. The Bertz CT molecular complexity index is 351. The van der Waals surface area contributed by atoms with Gasteiger partial charge >= 0.3 is 6.18 Å². The highest BCUT2D eigenvalue weighted by atomic mass is 19.4. The molecular weight excluding hydrogens is 303 g/mol. The third-order valence-electron chi connectivity index (χ3n) is 5.12. The fraction of sp³-hybridized carbons (Fsp3) is 1.00. The first-order valence-electron chi connectivity index (χ1n) is 8.08. The summed E-state index contributed by atoms with van der Waals surface area (Å²) in [6.45, 7) is 1.97. The zero-order valence-corrected chi connectivity index (χ0v) is 13.0. The highest BCUT2D eigenvalue weighted by Crippen LogP contribution is 2.35. The van der Waals surface area contributed by atoms with Crippen molar-refractivity contribution in [1.29, 1.82) is 0 Å². The Morgan fingerprint density at radius 1 is 1.05 bits per heavy atom. The fourth-order valence-electron chi connectivity index (χ4n) is 3.61. The molecule has 2 aliphatic rings. The number of halogens is 5. The van der Waals surface area contributed by atoms with Crippen LogP contribution < -0.4 is 5.32 Å². The maximum Gasteiger partial charge on any atom is 0.401 e. The van der Waals surface area contributed by atoms with Crippen LogP contribution in [0, 0.1) is 0 Å². The zero-order chi connectivity index (χ0) is 16.4. The molecular formula is C15H25F5N2. The van der Waals surface area contributed by atoms with Crippen molar-refractivity contribution in [3.63, 3.8) is 0 Å². The van der Waals surface area contributed by atoms with Gasteiger partial charge in [-0.05, 0) is 32.1 Å². The summed E-state index contributed by atoms with van der Waals surface area (Å²) in [5.41, 5.74) is -0.195. The Morgan fingerprint density at radius 2 is 1.59 bits per heavy atom. The van der Waals surface area contributed by atoms with Crippen LogP contribution in [0.5, 0.6) is 0 Å². The molecule has 1 aliphatic heterocycles. The van der Waals surface area contributed by atoms with E-state index in [9.17, 15) is 22.0 Å². The van der Waals surface area contributed by atoms with Crippen LogP contribution in [0.15, 0.2) is 0 Å². The molecule has 1 heterocycles. The lowest BCUT2D eigenvalue weighted by Gasteiger charge is -2.45. The lowest BCUT2D eigenvalue weighted by molar-refractivity contribution is -0.149. The maximum absolute atomic E-state index is 13.2. The largest absolute Gasteiger partial charge is 0.401 e. The topological polar surface area (TPSA) is 15.3 Å². The van der Waals surface area contributed by atoms with Gasteiger partial charge in [0.15, 0.2) is 0 Å². The van der Waals surface area contributed by atoms with E-state index in [1.165, 1.54) is 4.90 Å². The summed E-state index contributed by atoms with van der Waals surface area (Å²) in [6, 6.07) is 0.0636. The SMILES string of the molecule is CCC1(NC2CCC(F)(F)CC2)CCN(CC(F)(F)F)CC1. The van der Waals surface area contributed by atoms with E-state index in [0.717, 1.165) is 6.42 Å². The van der Waals surface area contributed by atoms with Crippen molar-refractivity contribution in [2.45, 2.75) is 75.5 Å². The van der Waals surface area contributed by atoms with Crippen LogP contribution in [0.1, 0.15) is 51.9 Å². The van der Waals surface area contributed by atoms with Crippen molar-refractivity contribution in [2.75, 3.05) is 19.6 Å². The third kappa shape index (κ3) is 5.05. The Kier molecular flexibility index (Phi) is 5.37. The summed E-state index contributed by atoms with van der Waals surface area (Å²) in [7, 11) is 0. The first-order chi connectivity index (χ1) is 10.1. The molecule has 130 valence electrons. The van der Waals surface area contributed by atoms with Gasteiger partial charge in [-0.25, -0.2) is 8.78 Å². The van der Waals surface area contributed by atoms with Gasteiger partial charge in [0.2, 0.25) is 5.92 Å². The molecule has 1 saturated carbocycles. The van der Waals surface area contributed by atoms with Gasteiger partial charge in [0, 0.05) is 37.5 Å². The normalized spacial score (nSPS) is 27.0. The minimum atomic E-state index is -4.16. The second-order valence-corrected chi connectivity index (χ2v) is 6.80. The van der Waals surface area contributed by atoms with Gasteiger partial charge in [0.1, 0.15) is 0 Å². The van der Waals surface area contributed by atoms with Gasteiger partial charge in [-0.2, -0.15) is 13.2 Å². The lowest BCUT2D eigenvalue weighted by atomic mass is 9.82. The molecule has 22 heavy (non-hydrogen) atoms. The quantitative estimate of drug-likeness (QED) is 0.786. The van der Waals surface area contributed by atoms with Crippen molar-refractivity contribution in [3.8, 4) is 0 Å². The van der Waals surface area contributed by atoms with Gasteiger partial charge in [0.05, 0.1) is 6.54 Å². The highest BCUT2D eigenvalue weighted by Gasteiger charge is 2.41. The van der Waals surface area contributed by atoms with Crippen LogP contribution in [-0.2, 0) is 0 Å². The van der Waals surface area contributed by atoms with Gasteiger partial charge in [0.25, 0.3) is 0 Å². The highest BCUT2D eigenvalue weighted by molar-refractivity contribution is 4.96. The number of alkyl halides is 5. The fourth-order valence-corrected chi connectivity index (χ4v) is 3.61. The standard InChI is InChI=1S/C15H25F5N2/c1-2-13(21-12-3-5-14(16,17)6-4-12)7-9-22(10-8-13)11-15(18,19)20/h12,21H,2-11H2,1H3. The number of nitrogens with one attached hydrogen (secondary N) is 1. The molecule has 1 aliphatic carbocycles. The first-order valence-corrected chi connectivity index (χ1v) is 8.08. The Balaban J connectivity index is 1.84. The number of likely N-dealkylation sites (tertiary alicyclic amines) is 1. The van der Waals surface area contributed by atoms with E-state index in [2.05, 4.69) is 5.32 Å². The van der Waals surface area contributed by atoms with E-state index in [0.29, 0.717) is 38.8 Å². The van der Waals surface area contributed by atoms with Crippen LogP contribution in [0.2, 0.25) is 0 Å². The number of hydrogen-bond acceptors (Lipinski definition) is 2. The van der Waals surface area contributed by atoms with Crippen LogP contribution >= 0.6 is 0 Å². The van der Waals surface area contributed by atoms with E-state index >= 15 is 0 Å². The average molecular weight is 328 g/mol. The van der Waals surface area contributed by atoms with E-state index < -0.39 is 18.6 Å². The van der Waals surface area contributed by atoms with Crippen LogP contribution in [0.25, 0.3) is 0 Å². The molecule has 1 saturated heterocycles. The Morgan fingerprint density at radius 3 is 2.05 bits per heavy atom. The predicted molar refractivity (Wildman–Crippen MR) is 75.1 cm³/mol. The number of hydrogen-bond donors (Lipinski definition) is 1. The van der Waals surface area contributed by atoms with Crippen LogP contribution in [0.4, 0.5) is 22.0 Å². The zero-order valence-electron chi connectivity index (χ0n) is 13.0. The molecule has 0 amide bonds. The molecule has 0 spiro atoms. The molecule has 0 aromatic heterocycles. The minimum absolute atomic E-state index is 0.0636. The number of nitrogens with zero attached hydrogens (tertiary/aromatic N) is 1.